The molecule has 1 atom stereocenters. The molecule has 1 aromatic heterocycles. The molecule has 2 rings (SSSR count). The summed E-state index contributed by atoms with van der Waals surface area (Å²) in [4.78, 5) is 1.71. The van der Waals surface area contributed by atoms with Crippen LogP contribution in [0.4, 0.5) is 0 Å². The van der Waals surface area contributed by atoms with Gasteiger partial charge in [0.15, 0.2) is 0 Å². The summed E-state index contributed by atoms with van der Waals surface area (Å²) in [5, 5.41) is 12.6. The number of nitrogens with one attached hydrogen (secondary N) is 1. The van der Waals surface area contributed by atoms with Gasteiger partial charge in [0.05, 0.1) is 17.9 Å². The molecule has 0 aliphatic heterocycles. The second-order valence-electron chi connectivity index (χ2n) is 5.01. The van der Waals surface area contributed by atoms with Crippen LogP contribution in [0.3, 0.4) is 0 Å². The molecule has 2 aromatic rings. The zero-order valence-electron chi connectivity index (χ0n) is 12.6. The normalized spacial score (nSPS) is 12.8. The third-order valence-corrected chi connectivity index (χ3v) is 3.76. The van der Waals surface area contributed by atoms with E-state index in [0.717, 1.165) is 30.8 Å². The molecule has 20 heavy (non-hydrogen) atoms. The first kappa shape index (κ1) is 14.7. The van der Waals surface area contributed by atoms with Crippen molar-refractivity contribution in [2.45, 2.75) is 39.7 Å². The van der Waals surface area contributed by atoms with Crippen molar-refractivity contribution in [1.29, 1.82) is 0 Å². The Bertz CT molecular complexity index is 502. The molecule has 1 aromatic carbocycles. The highest BCUT2D eigenvalue weighted by Crippen LogP contribution is 2.25. The molecule has 1 unspecified atom stereocenters. The van der Waals surface area contributed by atoms with E-state index >= 15 is 0 Å². The van der Waals surface area contributed by atoms with E-state index in [2.05, 4.69) is 36.3 Å². The maximum Gasteiger partial charge on any atom is 0.100 e. The second kappa shape index (κ2) is 7.20. The molecule has 0 bridgehead atoms. The summed E-state index contributed by atoms with van der Waals surface area (Å²) in [5.41, 5.74) is 2.03. The Morgan fingerprint density at radius 2 is 1.80 bits per heavy atom. The van der Waals surface area contributed by atoms with Crippen molar-refractivity contribution in [1.82, 2.24) is 20.3 Å². The smallest absolute Gasteiger partial charge is 0.100 e. The molecule has 0 fully saturated rings. The number of benzene rings is 1. The second-order valence-corrected chi connectivity index (χ2v) is 5.01. The first-order valence-electron chi connectivity index (χ1n) is 7.51. The Morgan fingerprint density at radius 1 is 1.10 bits per heavy atom. The van der Waals surface area contributed by atoms with Gasteiger partial charge in [0, 0.05) is 0 Å². The van der Waals surface area contributed by atoms with E-state index in [1.807, 2.05) is 36.5 Å². The molecule has 0 aliphatic carbocycles. The van der Waals surface area contributed by atoms with Gasteiger partial charge in [-0.05, 0) is 24.6 Å². The van der Waals surface area contributed by atoms with Crippen LogP contribution in [0, 0.1) is 5.92 Å². The maximum atomic E-state index is 4.66. The molecule has 0 saturated heterocycles. The zero-order valence-corrected chi connectivity index (χ0v) is 12.6. The van der Waals surface area contributed by atoms with Crippen LogP contribution in [0.15, 0.2) is 36.5 Å². The number of aromatic nitrogens is 3. The predicted molar refractivity (Wildman–Crippen MR) is 81.8 cm³/mol. The summed E-state index contributed by atoms with van der Waals surface area (Å²) in [6.07, 6.45) is 4.18. The van der Waals surface area contributed by atoms with E-state index in [0.29, 0.717) is 5.92 Å². The van der Waals surface area contributed by atoms with Gasteiger partial charge >= 0.3 is 0 Å². The highest BCUT2D eigenvalue weighted by molar-refractivity contribution is 5.28. The topological polar surface area (TPSA) is 42.7 Å². The SMILES string of the molecule is CCNC(c1cnn(-c2ccccc2)n1)C(CC)CC. The van der Waals surface area contributed by atoms with Crippen molar-refractivity contribution in [2.24, 2.45) is 5.92 Å². The first-order chi connectivity index (χ1) is 9.80. The number of rotatable bonds is 7. The van der Waals surface area contributed by atoms with Gasteiger partial charge in [0.2, 0.25) is 0 Å². The quantitative estimate of drug-likeness (QED) is 0.840. The molecule has 0 aliphatic rings. The molecular weight excluding hydrogens is 248 g/mol. The van der Waals surface area contributed by atoms with Gasteiger partial charge < -0.3 is 5.32 Å². The number of hydrogen-bond acceptors (Lipinski definition) is 3. The minimum atomic E-state index is 0.285. The third-order valence-electron chi connectivity index (χ3n) is 3.76. The molecule has 0 amide bonds. The lowest BCUT2D eigenvalue weighted by Crippen LogP contribution is -2.28. The summed E-state index contributed by atoms with van der Waals surface area (Å²) < 4.78 is 0. The van der Waals surface area contributed by atoms with Crippen molar-refractivity contribution in [3.63, 3.8) is 0 Å². The van der Waals surface area contributed by atoms with E-state index in [9.17, 15) is 0 Å². The Balaban J connectivity index is 2.25. The molecule has 0 saturated carbocycles. The molecule has 0 spiro atoms. The largest absolute Gasteiger partial charge is 0.309 e. The Hall–Kier alpha value is -1.68. The van der Waals surface area contributed by atoms with Crippen molar-refractivity contribution in [3.05, 3.63) is 42.2 Å². The monoisotopic (exact) mass is 272 g/mol. The van der Waals surface area contributed by atoms with Crippen LogP contribution < -0.4 is 5.32 Å². The van der Waals surface area contributed by atoms with E-state index in [-0.39, 0.29) is 6.04 Å². The molecule has 4 heteroatoms. The molecule has 1 heterocycles. The van der Waals surface area contributed by atoms with E-state index < -0.39 is 0 Å². The van der Waals surface area contributed by atoms with Gasteiger partial charge in [0.1, 0.15) is 5.69 Å². The molecular formula is C16H24N4. The fraction of sp³-hybridized carbons (Fsp3) is 0.500. The van der Waals surface area contributed by atoms with Gasteiger partial charge in [0.25, 0.3) is 0 Å². The Kier molecular flexibility index (Phi) is 5.30. The zero-order chi connectivity index (χ0) is 14.4. The fourth-order valence-electron chi connectivity index (χ4n) is 2.60. The number of nitrogens with zero attached hydrogens (tertiary/aromatic N) is 3. The van der Waals surface area contributed by atoms with Crippen LogP contribution >= 0.6 is 0 Å². The predicted octanol–water partition coefficient (Wildman–Crippen LogP) is 3.35. The lowest BCUT2D eigenvalue weighted by Gasteiger charge is -2.24. The van der Waals surface area contributed by atoms with E-state index in [1.54, 1.807) is 4.80 Å². The van der Waals surface area contributed by atoms with E-state index in [1.165, 1.54) is 0 Å². The summed E-state index contributed by atoms with van der Waals surface area (Å²) in [6, 6.07) is 10.3. The molecule has 0 radical (unpaired) electrons. The van der Waals surface area contributed by atoms with Crippen molar-refractivity contribution < 1.29 is 0 Å². The van der Waals surface area contributed by atoms with Crippen molar-refractivity contribution >= 4 is 0 Å². The Morgan fingerprint density at radius 3 is 2.40 bits per heavy atom. The summed E-state index contributed by atoms with van der Waals surface area (Å²) >= 11 is 0. The van der Waals surface area contributed by atoms with Crippen molar-refractivity contribution in [2.75, 3.05) is 6.54 Å². The van der Waals surface area contributed by atoms with E-state index in [4.69, 9.17) is 0 Å². The van der Waals surface area contributed by atoms with Crippen molar-refractivity contribution in [3.8, 4) is 5.69 Å². The van der Waals surface area contributed by atoms with Crippen LogP contribution in [-0.4, -0.2) is 21.5 Å². The lowest BCUT2D eigenvalue weighted by molar-refractivity contribution is 0.339. The van der Waals surface area contributed by atoms with Gasteiger partial charge in [-0.2, -0.15) is 15.0 Å². The van der Waals surface area contributed by atoms with Crippen LogP contribution in [0.2, 0.25) is 0 Å². The van der Waals surface area contributed by atoms with Crippen LogP contribution in [0.5, 0.6) is 0 Å². The Labute approximate surface area is 121 Å². The average molecular weight is 272 g/mol. The summed E-state index contributed by atoms with van der Waals surface area (Å²) in [7, 11) is 0. The standard InChI is InChI=1S/C16H24N4/c1-4-13(5-2)16(17-6-3)15-12-18-20(19-15)14-10-8-7-9-11-14/h7-13,16-17H,4-6H2,1-3H3. The minimum absolute atomic E-state index is 0.285. The summed E-state index contributed by atoms with van der Waals surface area (Å²) in [5.74, 6) is 0.593. The van der Waals surface area contributed by atoms with Gasteiger partial charge in [-0.25, -0.2) is 0 Å². The van der Waals surface area contributed by atoms with Gasteiger partial charge in [-0.3, -0.25) is 0 Å². The van der Waals surface area contributed by atoms with Gasteiger partial charge in [-0.1, -0.05) is 51.8 Å². The third kappa shape index (κ3) is 3.25. The lowest BCUT2D eigenvalue weighted by atomic mass is 9.92. The average Bonchev–Trinajstić information content (AvgIpc) is 2.98. The van der Waals surface area contributed by atoms with Crippen LogP contribution in [0.1, 0.15) is 45.3 Å². The first-order valence-corrected chi connectivity index (χ1v) is 7.51. The molecule has 1 N–H and O–H groups in total. The molecule has 4 nitrogen and oxygen atoms in total. The highest BCUT2D eigenvalue weighted by Gasteiger charge is 2.22. The highest BCUT2D eigenvalue weighted by atomic mass is 15.5. The molecule has 108 valence electrons. The fourth-order valence-corrected chi connectivity index (χ4v) is 2.60. The number of hydrogen-bond donors (Lipinski definition) is 1. The van der Waals surface area contributed by atoms with Gasteiger partial charge in [-0.15, -0.1) is 0 Å². The summed E-state index contributed by atoms with van der Waals surface area (Å²) in [6.45, 7) is 7.55. The maximum absolute atomic E-state index is 4.66. The number of para-hydroxylation sites is 1. The minimum Gasteiger partial charge on any atom is -0.309 e. The van der Waals surface area contributed by atoms with Crippen LogP contribution in [0.25, 0.3) is 5.69 Å². The van der Waals surface area contributed by atoms with Crippen LogP contribution in [-0.2, 0) is 0 Å².